The molecule has 0 fully saturated rings. The van der Waals surface area contributed by atoms with Crippen LogP contribution < -0.4 is 14.2 Å². The van der Waals surface area contributed by atoms with Crippen LogP contribution in [0.5, 0.6) is 17.2 Å². The van der Waals surface area contributed by atoms with Gasteiger partial charge in [0.15, 0.2) is 16.7 Å². The third-order valence-electron chi connectivity index (χ3n) is 5.61. The summed E-state index contributed by atoms with van der Waals surface area (Å²) in [4.78, 5) is 11.3. The van der Waals surface area contributed by atoms with Crippen molar-refractivity contribution >= 4 is 39.3 Å². The summed E-state index contributed by atoms with van der Waals surface area (Å²) in [5.41, 5.74) is 2.43. The average molecular weight is 620 g/mol. The monoisotopic (exact) mass is 618 g/mol. The summed E-state index contributed by atoms with van der Waals surface area (Å²) in [6, 6.07) is 18.3. The van der Waals surface area contributed by atoms with Crippen LogP contribution in [0.15, 0.2) is 70.3 Å². The minimum Gasteiger partial charge on any atom is -0.497 e. The minimum absolute atomic E-state index is 0.294. The van der Waals surface area contributed by atoms with E-state index in [1.54, 1.807) is 25.3 Å². The Morgan fingerprint density at radius 1 is 1.08 bits per heavy atom. The molecule has 0 saturated heterocycles. The summed E-state index contributed by atoms with van der Waals surface area (Å²) in [6.07, 6.45) is 0. The summed E-state index contributed by atoms with van der Waals surface area (Å²) in [5.74, 6) is 2.32. The maximum Gasteiger partial charge on any atom is 0.220 e. The third-order valence-corrected chi connectivity index (χ3v) is 7.63. The van der Waals surface area contributed by atoms with Gasteiger partial charge in [-0.15, -0.1) is 10.2 Å². The van der Waals surface area contributed by atoms with Crippen molar-refractivity contribution in [3.05, 3.63) is 97.2 Å². The third kappa shape index (κ3) is 6.58. The molecule has 0 aliphatic carbocycles. The number of ether oxygens (including phenoxy) is 3. The lowest BCUT2D eigenvalue weighted by atomic mass is 10.1. The SMILES string of the molecule is COc1ccc(-n2c(C)nnc2S[C@@H](C[N+](=O)[O-])c2cc(Br)c(OCc3ccc(Cl)cc3)c(OC)c2)cc1. The first-order valence-electron chi connectivity index (χ1n) is 11.4. The number of hydrogen-bond acceptors (Lipinski definition) is 8. The molecule has 9 nitrogen and oxygen atoms in total. The zero-order valence-electron chi connectivity index (χ0n) is 20.8. The molecule has 0 unspecified atom stereocenters. The fraction of sp³-hybridized carbons (Fsp3) is 0.231. The van der Waals surface area contributed by atoms with Crippen LogP contribution in [0.3, 0.4) is 0 Å². The first kappa shape index (κ1) is 27.7. The number of thioether (sulfide) groups is 1. The van der Waals surface area contributed by atoms with Crippen LogP contribution >= 0.6 is 39.3 Å². The maximum atomic E-state index is 11.7. The molecule has 0 amide bonds. The highest BCUT2D eigenvalue weighted by Gasteiger charge is 2.26. The van der Waals surface area contributed by atoms with Crippen LogP contribution in [0.1, 0.15) is 22.2 Å². The van der Waals surface area contributed by atoms with Crippen LogP contribution in [0.25, 0.3) is 5.69 Å². The molecule has 0 aliphatic rings. The van der Waals surface area contributed by atoms with Crippen molar-refractivity contribution in [2.24, 2.45) is 0 Å². The van der Waals surface area contributed by atoms with E-state index in [1.165, 1.54) is 18.9 Å². The predicted octanol–water partition coefficient (Wildman–Crippen LogP) is 6.70. The molecule has 1 aromatic heterocycles. The van der Waals surface area contributed by atoms with Crippen molar-refractivity contribution in [3.8, 4) is 22.9 Å². The van der Waals surface area contributed by atoms with E-state index in [0.29, 0.717) is 44.1 Å². The number of nitro groups is 1. The van der Waals surface area contributed by atoms with Gasteiger partial charge in [-0.2, -0.15) is 0 Å². The number of rotatable bonds is 11. The molecular formula is C26H24BrClN4O5S. The van der Waals surface area contributed by atoms with Crippen LogP contribution in [0.4, 0.5) is 0 Å². The van der Waals surface area contributed by atoms with E-state index in [9.17, 15) is 10.1 Å². The lowest BCUT2D eigenvalue weighted by Gasteiger charge is -2.18. The molecule has 1 atom stereocenters. The van der Waals surface area contributed by atoms with E-state index in [4.69, 9.17) is 25.8 Å². The first-order chi connectivity index (χ1) is 18.3. The van der Waals surface area contributed by atoms with Gasteiger partial charge in [0.1, 0.15) is 23.4 Å². The number of nitrogens with zero attached hydrogens (tertiary/aromatic N) is 4. The molecule has 12 heteroatoms. The van der Waals surface area contributed by atoms with Gasteiger partial charge in [-0.1, -0.05) is 35.5 Å². The van der Waals surface area contributed by atoms with E-state index in [0.717, 1.165) is 17.0 Å². The van der Waals surface area contributed by atoms with E-state index in [2.05, 4.69) is 26.1 Å². The highest BCUT2D eigenvalue weighted by Crippen LogP contribution is 2.43. The number of halogens is 2. The smallest absolute Gasteiger partial charge is 0.220 e. The quantitative estimate of drug-likeness (QED) is 0.104. The van der Waals surface area contributed by atoms with Gasteiger partial charge in [0, 0.05) is 15.6 Å². The molecule has 0 saturated carbocycles. The standard InChI is InChI=1S/C26H24BrClN4O5S/c1-16-29-30-26(32(16)20-8-10-21(35-2)11-9-20)38-24(14-31(33)34)18-12-22(27)25(23(13-18)36-3)37-15-17-4-6-19(28)7-5-17/h4-13,24H,14-15H2,1-3H3/t24-/m0/s1. The van der Waals surface area contributed by atoms with E-state index < -0.39 is 5.25 Å². The van der Waals surface area contributed by atoms with Crippen molar-refractivity contribution in [1.29, 1.82) is 0 Å². The zero-order chi connectivity index (χ0) is 27.2. The van der Waals surface area contributed by atoms with Gasteiger partial charge in [0.2, 0.25) is 6.54 Å². The number of aromatic nitrogens is 3. The maximum absolute atomic E-state index is 11.7. The summed E-state index contributed by atoms with van der Waals surface area (Å²) in [6.45, 7) is 1.79. The van der Waals surface area contributed by atoms with Crippen LogP contribution in [0, 0.1) is 17.0 Å². The Morgan fingerprint density at radius 3 is 2.42 bits per heavy atom. The van der Waals surface area contributed by atoms with Crippen molar-refractivity contribution in [1.82, 2.24) is 14.8 Å². The molecule has 4 rings (SSSR count). The molecule has 4 aromatic rings. The zero-order valence-corrected chi connectivity index (χ0v) is 23.9. The lowest BCUT2D eigenvalue weighted by molar-refractivity contribution is -0.479. The fourth-order valence-electron chi connectivity index (χ4n) is 3.72. The number of methoxy groups -OCH3 is 2. The molecule has 0 N–H and O–H groups in total. The summed E-state index contributed by atoms with van der Waals surface area (Å²) < 4.78 is 19.3. The van der Waals surface area contributed by atoms with Crippen molar-refractivity contribution in [3.63, 3.8) is 0 Å². The number of hydrogen-bond donors (Lipinski definition) is 0. The van der Waals surface area contributed by atoms with E-state index >= 15 is 0 Å². The molecule has 0 aliphatic heterocycles. The molecular weight excluding hydrogens is 596 g/mol. The van der Waals surface area contributed by atoms with Gasteiger partial charge in [-0.3, -0.25) is 14.7 Å². The molecule has 0 bridgehead atoms. The van der Waals surface area contributed by atoms with Gasteiger partial charge in [0.25, 0.3) is 0 Å². The van der Waals surface area contributed by atoms with Crippen molar-refractivity contribution < 1.29 is 19.1 Å². The number of aryl methyl sites for hydroxylation is 1. The average Bonchev–Trinajstić information content (AvgIpc) is 3.27. The fourth-order valence-corrected chi connectivity index (χ4v) is 5.58. The van der Waals surface area contributed by atoms with E-state index in [-0.39, 0.29) is 11.5 Å². The molecule has 3 aromatic carbocycles. The second-order valence-corrected chi connectivity index (χ2v) is 10.6. The Labute approximate surface area is 237 Å². The summed E-state index contributed by atoms with van der Waals surface area (Å²) in [7, 11) is 3.13. The Kier molecular flexibility index (Phi) is 9.13. The second kappa shape index (κ2) is 12.5. The van der Waals surface area contributed by atoms with Gasteiger partial charge >= 0.3 is 0 Å². The van der Waals surface area contributed by atoms with Crippen LogP contribution in [-0.2, 0) is 6.61 Å². The number of benzene rings is 3. The first-order valence-corrected chi connectivity index (χ1v) is 13.4. The second-order valence-electron chi connectivity index (χ2n) is 8.13. The minimum atomic E-state index is -0.582. The molecule has 198 valence electrons. The van der Waals surface area contributed by atoms with Crippen LogP contribution in [0.2, 0.25) is 5.02 Å². The Balaban J connectivity index is 1.64. The molecule has 0 spiro atoms. The summed E-state index contributed by atoms with van der Waals surface area (Å²) >= 11 is 10.8. The van der Waals surface area contributed by atoms with Gasteiger partial charge in [-0.25, -0.2) is 0 Å². The lowest BCUT2D eigenvalue weighted by Crippen LogP contribution is -2.12. The highest BCUT2D eigenvalue weighted by atomic mass is 79.9. The molecule has 0 radical (unpaired) electrons. The van der Waals surface area contributed by atoms with Gasteiger partial charge in [-0.05, 0) is 82.5 Å². The summed E-state index contributed by atoms with van der Waals surface area (Å²) in [5, 5.41) is 20.8. The van der Waals surface area contributed by atoms with E-state index in [1.807, 2.05) is 54.0 Å². The molecule has 1 heterocycles. The van der Waals surface area contributed by atoms with Gasteiger partial charge in [0.05, 0.1) is 18.7 Å². The Bertz CT molecular complexity index is 1420. The topological polar surface area (TPSA) is 102 Å². The van der Waals surface area contributed by atoms with Crippen molar-refractivity contribution in [2.45, 2.75) is 23.9 Å². The highest BCUT2D eigenvalue weighted by molar-refractivity contribution is 9.10. The predicted molar refractivity (Wildman–Crippen MR) is 150 cm³/mol. The van der Waals surface area contributed by atoms with Crippen LogP contribution in [-0.4, -0.2) is 40.5 Å². The Hall–Kier alpha value is -3.28. The van der Waals surface area contributed by atoms with Crippen molar-refractivity contribution in [2.75, 3.05) is 20.8 Å². The largest absolute Gasteiger partial charge is 0.497 e. The normalized spacial score (nSPS) is 11.7. The molecule has 38 heavy (non-hydrogen) atoms. The Morgan fingerprint density at radius 2 is 1.79 bits per heavy atom. The van der Waals surface area contributed by atoms with Gasteiger partial charge < -0.3 is 14.2 Å².